The Morgan fingerprint density at radius 2 is 2.11 bits per heavy atom. The van der Waals surface area contributed by atoms with Crippen LogP contribution in [-0.4, -0.2) is 32.7 Å². The number of imidazole rings is 1. The van der Waals surface area contributed by atoms with Crippen LogP contribution in [0.2, 0.25) is 5.02 Å². The number of aromatic nitrogens is 3. The van der Waals surface area contributed by atoms with Crippen LogP contribution >= 0.6 is 23.4 Å². The van der Waals surface area contributed by atoms with Crippen molar-refractivity contribution in [3.63, 3.8) is 0 Å². The van der Waals surface area contributed by atoms with Gasteiger partial charge in [-0.1, -0.05) is 11.6 Å². The minimum Gasteiger partial charge on any atom is -0.497 e. The molecule has 0 unspecified atom stereocenters. The molecule has 148 valence electrons. The van der Waals surface area contributed by atoms with Crippen LogP contribution in [0.5, 0.6) is 5.75 Å². The molecule has 0 saturated carbocycles. The lowest BCUT2D eigenvalue weighted by molar-refractivity contribution is -0.138. The molecule has 0 saturated heterocycles. The number of pyridine rings is 1. The normalized spacial score (nSPS) is 11.8. The SMILES string of the molecule is COc1ccc2c(c1)nc(Sc1ncc(C(F)(F)F)cc1Cl)n2CCC(=O)O. The average molecular weight is 432 g/mol. The summed E-state index contributed by atoms with van der Waals surface area (Å²) in [5, 5.41) is 9.32. The molecule has 0 amide bonds. The molecule has 0 bridgehead atoms. The number of hydrogen-bond donors (Lipinski definition) is 1. The van der Waals surface area contributed by atoms with Crippen molar-refractivity contribution in [3.05, 3.63) is 41.0 Å². The van der Waals surface area contributed by atoms with Crippen LogP contribution in [0.15, 0.2) is 40.6 Å². The lowest BCUT2D eigenvalue weighted by Gasteiger charge is -2.10. The van der Waals surface area contributed by atoms with Crippen molar-refractivity contribution in [2.24, 2.45) is 0 Å². The maximum atomic E-state index is 12.8. The maximum absolute atomic E-state index is 12.8. The van der Waals surface area contributed by atoms with E-state index in [-0.39, 0.29) is 23.0 Å². The Morgan fingerprint density at radius 1 is 1.36 bits per heavy atom. The van der Waals surface area contributed by atoms with Gasteiger partial charge in [0, 0.05) is 18.8 Å². The standard InChI is InChI=1S/C17H13ClF3N3O3S/c1-27-10-2-3-13-12(7-10)23-16(24(13)5-4-14(25)26)28-15-11(18)6-9(8-22-15)17(19,20)21/h2-3,6-8H,4-5H2,1H3,(H,25,26). The second-order valence-electron chi connectivity index (χ2n) is 5.66. The molecule has 11 heteroatoms. The van der Waals surface area contributed by atoms with E-state index in [9.17, 15) is 18.0 Å². The molecule has 0 spiro atoms. The molecule has 3 rings (SSSR count). The number of methoxy groups -OCH3 is 1. The van der Waals surface area contributed by atoms with Crippen LogP contribution in [0.4, 0.5) is 13.2 Å². The third-order valence-electron chi connectivity index (χ3n) is 3.79. The number of rotatable bonds is 6. The molecule has 3 aromatic rings. The second-order valence-corrected chi connectivity index (χ2v) is 7.02. The Hall–Kier alpha value is -2.46. The molecule has 1 N–H and O–H groups in total. The number of aliphatic carboxylic acids is 1. The van der Waals surface area contributed by atoms with Crippen molar-refractivity contribution >= 4 is 40.4 Å². The van der Waals surface area contributed by atoms with E-state index < -0.39 is 17.7 Å². The average Bonchev–Trinajstić information content (AvgIpc) is 2.96. The van der Waals surface area contributed by atoms with Gasteiger partial charge < -0.3 is 14.4 Å². The van der Waals surface area contributed by atoms with E-state index in [0.717, 1.165) is 17.8 Å². The Morgan fingerprint density at radius 3 is 2.71 bits per heavy atom. The molecule has 0 aliphatic rings. The van der Waals surface area contributed by atoms with E-state index in [2.05, 4.69) is 9.97 Å². The van der Waals surface area contributed by atoms with Crippen molar-refractivity contribution < 1.29 is 27.8 Å². The third kappa shape index (κ3) is 4.33. The lowest BCUT2D eigenvalue weighted by Crippen LogP contribution is -2.07. The summed E-state index contributed by atoms with van der Waals surface area (Å²) in [6.07, 6.45) is -4.01. The summed E-state index contributed by atoms with van der Waals surface area (Å²) >= 11 is 6.94. The highest BCUT2D eigenvalue weighted by molar-refractivity contribution is 7.99. The number of carboxylic acid groups (broad SMARTS) is 1. The predicted octanol–water partition coefficient (Wildman–Crippen LogP) is 4.74. The van der Waals surface area contributed by atoms with Crippen LogP contribution in [0.1, 0.15) is 12.0 Å². The van der Waals surface area contributed by atoms with E-state index in [4.69, 9.17) is 21.4 Å². The molecule has 0 atom stereocenters. The van der Waals surface area contributed by atoms with Gasteiger partial charge in [0.15, 0.2) is 5.16 Å². The molecule has 2 heterocycles. The second kappa shape index (κ2) is 7.88. The zero-order chi connectivity index (χ0) is 20.5. The summed E-state index contributed by atoms with van der Waals surface area (Å²) in [6, 6.07) is 5.91. The number of fused-ring (bicyclic) bond motifs is 1. The molecule has 0 radical (unpaired) electrons. The number of halogens is 4. The van der Waals surface area contributed by atoms with Gasteiger partial charge in [0.2, 0.25) is 0 Å². The monoisotopic (exact) mass is 431 g/mol. The number of carbonyl (C=O) groups is 1. The van der Waals surface area contributed by atoms with E-state index in [1.54, 1.807) is 22.8 Å². The smallest absolute Gasteiger partial charge is 0.417 e. The van der Waals surface area contributed by atoms with Crippen molar-refractivity contribution in [3.8, 4) is 5.75 Å². The largest absolute Gasteiger partial charge is 0.497 e. The predicted molar refractivity (Wildman–Crippen MR) is 96.9 cm³/mol. The fraction of sp³-hybridized carbons (Fsp3) is 0.235. The van der Waals surface area contributed by atoms with Crippen molar-refractivity contribution in [1.29, 1.82) is 0 Å². The number of benzene rings is 1. The van der Waals surface area contributed by atoms with Gasteiger partial charge in [-0.3, -0.25) is 4.79 Å². The minimum atomic E-state index is -4.55. The summed E-state index contributed by atoms with van der Waals surface area (Å²) in [4.78, 5) is 19.2. The van der Waals surface area contributed by atoms with E-state index in [1.165, 1.54) is 7.11 Å². The Labute approximate surface area is 166 Å². The van der Waals surface area contributed by atoms with Crippen LogP contribution in [0.25, 0.3) is 11.0 Å². The number of hydrogen-bond acceptors (Lipinski definition) is 5. The molecular weight excluding hydrogens is 419 g/mol. The van der Waals surface area contributed by atoms with Gasteiger partial charge in [-0.25, -0.2) is 9.97 Å². The minimum absolute atomic E-state index is 0.124. The lowest BCUT2D eigenvalue weighted by atomic mass is 10.3. The van der Waals surface area contributed by atoms with Gasteiger partial charge in [0.05, 0.1) is 35.2 Å². The molecule has 6 nitrogen and oxygen atoms in total. The van der Waals surface area contributed by atoms with Gasteiger partial charge >= 0.3 is 12.1 Å². The molecule has 1 aromatic carbocycles. The quantitative estimate of drug-likeness (QED) is 0.607. The fourth-order valence-electron chi connectivity index (χ4n) is 2.46. The first-order valence-electron chi connectivity index (χ1n) is 7.85. The first-order valence-corrected chi connectivity index (χ1v) is 9.05. The number of carboxylic acids is 1. The van der Waals surface area contributed by atoms with E-state index in [1.807, 2.05) is 0 Å². The first kappa shape index (κ1) is 20.3. The molecule has 0 aliphatic heterocycles. The zero-order valence-electron chi connectivity index (χ0n) is 14.3. The van der Waals surface area contributed by atoms with Gasteiger partial charge in [0.1, 0.15) is 10.8 Å². The van der Waals surface area contributed by atoms with Gasteiger partial charge in [-0.15, -0.1) is 0 Å². The van der Waals surface area contributed by atoms with Gasteiger partial charge in [-0.05, 0) is 30.0 Å². The van der Waals surface area contributed by atoms with Gasteiger partial charge in [-0.2, -0.15) is 13.2 Å². The summed E-state index contributed by atoms with van der Waals surface area (Å²) in [6.45, 7) is 0.124. The first-order chi connectivity index (χ1) is 13.2. The summed E-state index contributed by atoms with van der Waals surface area (Å²) < 4.78 is 45.2. The Kier molecular flexibility index (Phi) is 5.71. The highest BCUT2D eigenvalue weighted by Crippen LogP contribution is 2.37. The Bertz CT molecular complexity index is 1040. The van der Waals surface area contributed by atoms with Gasteiger partial charge in [0.25, 0.3) is 0 Å². The summed E-state index contributed by atoms with van der Waals surface area (Å²) in [5.41, 5.74) is 0.258. The third-order valence-corrected chi connectivity index (χ3v) is 5.21. The number of nitrogens with zero attached hydrogens (tertiary/aromatic N) is 3. The van der Waals surface area contributed by atoms with Crippen LogP contribution < -0.4 is 4.74 Å². The maximum Gasteiger partial charge on any atom is 0.417 e. The van der Waals surface area contributed by atoms with Crippen LogP contribution in [-0.2, 0) is 17.5 Å². The zero-order valence-corrected chi connectivity index (χ0v) is 15.9. The van der Waals surface area contributed by atoms with E-state index in [0.29, 0.717) is 28.1 Å². The van der Waals surface area contributed by atoms with Crippen molar-refractivity contribution in [1.82, 2.24) is 14.5 Å². The molecule has 2 aromatic heterocycles. The van der Waals surface area contributed by atoms with Crippen LogP contribution in [0.3, 0.4) is 0 Å². The molecule has 0 aliphatic carbocycles. The fourth-order valence-corrected chi connectivity index (χ4v) is 3.62. The molecule has 28 heavy (non-hydrogen) atoms. The number of aryl methyl sites for hydroxylation is 1. The van der Waals surface area contributed by atoms with Crippen molar-refractivity contribution in [2.45, 2.75) is 29.3 Å². The molecule has 0 fully saturated rings. The van der Waals surface area contributed by atoms with Crippen molar-refractivity contribution in [2.75, 3.05) is 7.11 Å². The highest BCUT2D eigenvalue weighted by Gasteiger charge is 2.31. The summed E-state index contributed by atoms with van der Waals surface area (Å²) in [5.74, 6) is -0.422. The molecular formula is C17H13ClF3N3O3S. The van der Waals surface area contributed by atoms with E-state index >= 15 is 0 Å². The highest BCUT2D eigenvalue weighted by atomic mass is 35.5. The van der Waals surface area contributed by atoms with Crippen LogP contribution in [0, 0.1) is 0 Å². The topological polar surface area (TPSA) is 77.2 Å². The number of ether oxygens (including phenoxy) is 1. The number of alkyl halides is 3. The summed E-state index contributed by atoms with van der Waals surface area (Å²) in [7, 11) is 1.50. The Balaban J connectivity index is 2.01.